The highest BCUT2D eigenvalue weighted by Crippen LogP contribution is 2.27. The molecule has 0 atom stereocenters. The average molecular weight is 363 g/mol. The quantitative estimate of drug-likeness (QED) is 0.525. The second-order valence-corrected chi connectivity index (χ2v) is 7.07. The van der Waals surface area contributed by atoms with Gasteiger partial charge in [0.05, 0.1) is 16.6 Å². The highest BCUT2D eigenvalue weighted by Gasteiger charge is 2.21. The summed E-state index contributed by atoms with van der Waals surface area (Å²) >= 11 is 6.01. The van der Waals surface area contributed by atoms with E-state index in [1.165, 1.54) is 11.2 Å². The molecule has 1 fully saturated rings. The molecule has 4 nitrogen and oxygen atoms in total. The van der Waals surface area contributed by atoms with E-state index in [1.54, 1.807) is 0 Å². The normalized spacial score (nSPS) is 15.1. The fourth-order valence-electron chi connectivity index (χ4n) is 3.77. The zero-order valence-corrected chi connectivity index (χ0v) is 15.1. The standard InChI is InChI=1S/C21H19ClN4/c22-16-7-9-17(10-8-16)24-12-14-25(15-13-24)21-20-6-3-11-26(20)19-5-2-1-4-18(19)23-21/h1-11H,12-15H2. The van der Waals surface area contributed by atoms with Gasteiger partial charge >= 0.3 is 0 Å². The Balaban J connectivity index is 1.46. The van der Waals surface area contributed by atoms with Gasteiger partial charge in [-0.1, -0.05) is 23.7 Å². The Hall–Kier alpha value is -2.72. The van der Waals surface area contributed by atoms with Crippen molar-refractivity contribution >= 4 is 39.7 Å². The summed E-state index contributed by atoms with van der Waals surface area (Å²) in [5.74, 6) is 1.07. The van der Waals surface area contributed by atoms with Crippen molar-refractivity contribution in [1.82, 2.24) is 9.38 Å². The van der Waals surface area contributed by atoms with E-state index in [1.807, 2.05) is 18.2 Å². The van der Waals surface area contributed by atoms with Crippen LogP contribution in [0.4, 0.5) is 11.5 Å². The van der Waals surface area contributed by atoms with E-state index in [-0.39, 0.29) is 0 Å². The van der Waals surface area contributed by atoms with Crippen molar-refractivity contribution in [2.24, 2.45) is 0 Å². The average Bonchev–Trinajstić information content (AvgIpc) is 3.18. The number of hydrogen-bond donors (Lipinski definition) is 0. The van der Waals surface area contributed by atoms with Crippen molar-refractivity contribution in [3.8, 4) is 0 Å². The van der Waals surface area contributed by atoms with Gasteiger partial charge < -0.3 is 14.2 Å². The van der Waals surface area contributed by atoms with Crippen LogP contribution in [0.5, 0.6) is 0 Å². The largest absolute Gasteiger partial charge is 0.368 e. The lowest BCUT2D eigenvalue weighted by atomic mass is 10.2. The fraction of sp³-hybridized carbons (Fsp3) is 0.190. The molecule has 0 unspecified atom stereocenters. The molecule has 5 heteroatoms. The minimum Gasteiger partial charge on any atom is -0.368 e. The minimum absolute atomic E-state index is 0.781. The van der Waals surface area contributed by atoms with Gasteiger partial charge in [-0.15, -0.1) is 0 Å². The second-order valence-electron chi connectivity index (χ2n) is 6.64. The van der Waals surface area contributed by atoms with Crippen molar-refractivity contribution in [2.45, 2.75) is 0 Å². The Bertz CT molecular complexity index is 1060. The predicted octanol–water partition coefficient (Wildman–Crippen LogP) is 4.47. The number of aromatic nitrogens is 2. The lowest BCUT2D eigenvalue weighted by molar-refractivity contribution is 0.649. The van der Waals surface area contributed by atoms with Crippen LogP contribution in [0.25, 0.3) is 16.6 Å². The number of anilines is 2. The van der Waals surface area contributed by atoms with E-state index < -0.39 is 0 Å². The van der Waals surface area contributed by atoms with Gasteiger partial charge in [0, 0.05) is 43.1 Å². The molecule has 4 aromatic rings. The molecule has 1 saturated heterocycles. The molecule has 0 amide bonds. The molecule has 3 heterocycles. The molecule has 26 heavy (non-hydrogen) atoms. The number of halogens is 1. The van der Waals surface area contributed by atoms with Crippen LogP contribution >= 0.6 is 11.6 Å². The molecule has 0 radical (unpaired) electrons. The molecule has 5 rings (SSSR count). The second kappa shape index (κ2) is 6.22. The molecule has 0 spiro atoms. The molecular formula is C21H19ClN4. The molecule has 130 valence electrons. The van der Waals surface area contributed by atoms with Crippen LogP contribution in [0.3, 0.4) is 0 Å². The highest BCUT2D eigenvalue weighted by molar-refractivity contribution is 6.30. The van der Waals surface area contributed by atoms with Crippen LogP contribution < -0.4 is 9.80 Å². The number of nitrogens with zero attached hydrogens (tertiary/aromatic N) is 4. The molecule has 2 aromatic heterocycles. The Morgan fingerprint density at radius 2 is 1.42 bits per heavy atom. The van der Waals surface area contributed by atoms with Crippen molar-refractivity contribution in [2.75, 3.05) is 36.0 Å². The summed E-state index contributed by atoms with van der Waals surface area (Å²) in [6.45, 7) is 3.86. The SMILES string of the molecule is Clc1ccc(N2CCN(c3nc4ccccc4n4cccc34)CC2)cc1. The van der Waals surface area contributed by atoms with Crippen molar-refractivity contribution in [3.63, 3.8) is 0 Å². The maximum Gasteiger partial charge on any atom is 0.153 e. The molecule has 1 aliphatic heterocycles. The Morgan fingerprint density at radius 3 is 2.23 bits per heavy atom. The first-order chi connectivity index (χ1) is 12.8. The maximum atomic E-state index is 6.01. The van der Waals surface area contributed by atoms with Gasteiger partial charge in [0.15, 0.2) is 5.82 Å². The zero-order valence-electron chi connectivity index (χ0n) is 14.3. The van der Waals surface area contributed by atoms with E-state index in [4.69, 9.17) is 16.6 Å². The molecule has 0 bridgehead atoms. The summed E-state index contributed by atoms with van der Waals surface area (Å²) < 4.78 is 2.24. The number of hydrogen-bond acceptors (Lipinski definition) is 3. The first-order valence-corrected chi connectivity index (χ1v) is 9.29. The predicted molar refractivity (Wildman–Crippen MR) is 109 cm³/mol. The number of benzene rings is 2. The molecule has 0 N–H and O–H groups in total. The summed E-state index contributed by atoms with van der Waals surface area (Å²) in [5, 5.41) is 0.781. The lowest BCUT2D eigenvalue weighted by Crippen LogP contribution is -2.47. The fourth-order valence-corrected chi connectivity index (χ4v) is 3.89. The number of piperazine rings is 1. The van der Waals surface area contributed by atoms with Gasteiger partial charge in [0.1, 0.15) is 0 Å². The number of para-hydroxylation sites is 2. The Kier molecular flexibility index (Phi) is 3.71. The van der Waals surface area contributed by atoms with Crippen LogP contribution in [0.1, 0.15) is 0 Å². The lowest BCUT2D eigenvalue weighted by Gasteiger charge is -2.37. The van der Waals surface area contributed by atoms with Gasteiger partial charge in [-0.3, -0.25) is 0 Å². The third kappa shape index (κ3) is 2.58. The van der Waals surface area contributed by atoms with E-state index in [9.17, 15) is 0 Å². The van der Waals surface area contributed by atoms with Crippen LogP contribution in [-0.2, 0) is 0 Å². The summed E-state index contributed by atoms with van der Waals surface area (Å²) in [6, 6.07) is 20.7. The van der Waals surface area contributed by atoms with Crippen LogP contribution in [0.15, 0.2) is 66.9 Å². The van der Waals surface area contributed by atoms with E-state index in [0.717, 1.165) is 48.1 Å². The monoisotopic (exact) mass is 362 g/mol. The van der Waals surface area contributed by atoms with Crippen LogP contribution in [0.2, 0.25) is 5.02 Å². The van der Waals surface area contributed by atoms with Crippen molar-refractivity contribution < 1.29 is 0 Å². The minimum atomic E-state index is 0.781. The molecule has 0 saturated carbocycles. The van der Waals surface area contributed by atoms with Gasteiger partial charge in [-0.25, -0.2) is 4.98 Å². The Morgan fingerprint density at radius 1 is 0.731 bits per heavy atom. The van der Waals surface area contributed by atoms with E-state index in [2.05, 4.69) is 62.9 Å². The third-order valence-electron chi connectivity index (χ3n) is 5.12. The maximum absolute atomic E-state index is 6.01. The Labute approximate surface area is 157 Å². The summed E-state index contributed by atoms with van der Waals surface area (Å²) in [6.07, 6.45) is 2.12. The molecule has 1 aliphatic rings. The molecular weight excluding hydrogens is 344 g/mol. The summed E-state index contributed by atoms with van der Waals surface area (Å²) in [4.78, 5) is 9.78. The van der Waals surface area contributed by atoms with Crippen LogP contribution in [0, 0.1) is 0 Å². The van der Waals surface area contributed by atoms with E-state index in [0.29, 0.717) is 0 Å². The van der Waals surface area contributed by atoms with Crippen LogP contribution in [-0.4, -0.2) is 35.6 Å². The third-order valence-corrected chi connectivity index (χ3v) is 5.37. The highest BCUT2D eigenvalue weighted by atomic mass is 35.5. The summed E-state index contributed by atoms with van der Waals surface area (Å²) in [5.41, 5.74) is 4.58. The van der Waals surface area contributed by atoms with Crippen molar-refractivity contribution in [1.29, 1.82) is 0 Å². The first-order valence-electron chi connectivity index (χ1n) is 8.91. The topological polar surface area (TPSA) is 23.8 Å². The van der Waals surface area contributed by atoms with Gasteiger partial charge in [0.25, 0.3) is 0 Å². The number of fused-ring (bicyclic) bond motifs is 3. The van der Waals surface area contributed by atoms with Gasteiger partial charge in [-0.2, -0.15) is 0 Å². The smallest absolute Gasteiger partial charge is 0.153 e. The molecule has 2 aromatic carbocycles. The zero-order chi connectivity index (χ0) is 17.5. The van der Waals surface area contributed by atoms with E-state index >= 15 is 0 Å². The molecule has 0 aliphatic carbocycles. The van der Waals surface area contributed by atoms with Gasteiger partial charge in [-0.05, 0) is 48.5 Å². The van der Waals surface area contributed by atoms with Crippen molar-refractivity contribution in [3.05, 3.63) is 71.9 Å². The number of rotatable bonds is 2. The van der Waals surface area contributed by atoms with Gasteiger partial charge in [0.2, 0.25) is 0 Å². The first kappa shape index (κ1) is 15.5. The summed E-state index contributed by atoms with van der Waals surface area (Å²) in [7, 11) is 0.